The molecule has 2 aromatic rings. The quantitative estimate of drug-likeness (QED) is 0.488. The number of methoxy groups -OCH3 is 1. The van der Waals surface area contributed by atoms with Crippen LogP contribution < -0.4 is 4.74 Å². The van der Waals surface area contributed by atoms with Gasteiger partial charge in [0.25, 0.3) is 11.7 Å². The van der Waals surface area contributed by atoms with E-state index in [2.05, 4.69) is 0 Å². The van der Waals surface area contributed by atoms with Crippen LogP contribution in [-0.4, -0.2) is 35.4 Å². The maximum absolute atomic E-state index is 12.6. The molecule has 1 amide bonds. The molecule has 136 valence electrons. The number of likely N-dealkylation sites (tertiary alicyclic amines) is 1. The average molecular weight is 376 g/mol. The molecule has 26 heavy (non-hydrogen) atoms. The summed E-state index contributed by atoms with van der Waals surface area (Å²) in [5, 5.41) is 11.1. The predicted octanol–water partition coefficient (Wildman–Crippen LogP) is 3.77. The van der Waals surface area contributed by atoms with E-state index in [-0.39, 0.29) is 16.4 Å². The fraction of sp³-hybridized carbons (Fsp3) is 0.263. The topological polar surface area (TPSA) is 80.0 Å². The van der Waals surface area contributed by atoms with E-state index < -0.39 is 17.7 Å². The summed E-state index contributed by atoms with van der Waals surface area (Å²) in [5.74, 6) is -0.845. The zero-order valence-corrected chi connectivity index (χ0v) is 15.1. The van der Waals surface area contributed by atoms with E-state index in [1.165, 1.54) is 24.3 Å². The summed E-state index contributed by atoms with van der Waals surface area (Å²) in [4.78, 5) is 26.5. The highest BCUT2D eigenvalue weighted by Gasteiger charge is 2.47. The summed E-state index contributed by atoms with van der Waals surface area (Å²) >= 11 is 6.12. The van der Waals surface area contributed by atoms with E-state index in [9.17, 15) is 14.7 Å². The summed E-state index contributed by atoms with van der Waals surface area (Å²) in [5.41, 5.74) is 0.307. The third-order valence-corrected chi connectivity index (χ3v) is 4.54. The SMILES string of the molecule is CCCN1C(=O)C(=O)/C(=C(\O)c2ccc(OC)c(Cl)c2)C1c1ccco1. The van der Waals surface area contributed by atoms with Gasteiger partial charge >= 0.3 is 0 Å². The number of nitrogens with zero attached hydrogens (tertiary/aromatic N) is 1. The molecule has 0 bridgehead atoms. The first-order valence-electron chi connectivity index (χ1n) is 8.15. The second kappa shape index (κ2) is 7.25. The molecule has 0 aliphatic carbocycles. The van der Waals surface area contributed by atoms with E-state index in [0.717, 1.165) is 0 Å². The van der Waals surface area contributed by atoms with Gasteiger partial charge in [-0.2, -0.15) is 0 Å². The summed E-state index contributed by atoms with van der Waals surface area (Å²) in [7, 11) is 1.48. The van der Waals surface area contributed by atoms with Crippen molar-refractivity contribution in [2.75, 3.05) is 13.7 Å². The van der Waals surface area contributed by atoms with Crippen LogP contribution in [0.5, 0.6) is 5.75 Å². The van der Waals surface area contributed by atoms with Crippen LogP contribution in [0.3, 0.4) is 0 Å². The average Bonchev–Trinajstić information content (AvgIpc) is 3.24. The summed E-state index contributed by atoms with van der Waals surface area (Å²) in [6.45, 7) is 2.28. The second-order valence-electron chi connectivity index (χ2n) is 5.86. The Bertz CT molecular complexity index is 872. The minimum atomic E-state index is -0.772. The standard InChI is InChI=1S/C19H18ClNO5/c1-3-8-21-16(14-5-4-9-26-14)15(18(23)19(21)24)17(22)11-6-7-13(25-2)12(20)10-11/h4-7,9-10,16,22H,3,8H2,1-2H3/b17-15-. The van der Waals surface area contributed by atoms with E-state index in [1.54, 1.807) is 24.3 Å². The van der Waals surface area contributed by atoms with Gasteiger partial charge in [0.05, 0.1) is 24.0 Å². The molecule has 1 aromatic heterocycles. The molecule has 3 rings (SSSR count). The molecule has 1 saturated heterocycles. The van der Waals surface area contributed by atoms with Gasteiger partial charge in [-0.15, -0.1) is 0 Å². The molecular weight excluding hydrogens is 358 g/mol. The van der Waals surface area contributed by atoms with Crippen LogP contribution in [0.1, 0.15) is 30.7 Å². The number of halogens is 1. The number of aliphatic hydroxyl groups excluding tert-OH is 1. The van der Waals surface area contributed by atoms with Crippen molar-refractivity contribution >= 4 is 29.1 Å². The molecule has 2 heterocycles. The van der Waals surface area contributed by atoms with E-state index in [1.807, 2.05) is 6.92 Å². The highest BCUT2D eigenvalue weighted by molar-refractivity contribution is 6.46. The molecule has 1 aromatic carbocycles. The number of Topliss-reactive ketones (excluding diaryl/α,β-unsaturated/α-hetero) is 1. The smallest absolute Gasteiger partial charge is 0.295 e. The van der Waals surface area contributed by atoms with E-state index in [0.29, 0.717) is 30.0 Å². The van der Waals surface area contributed by atoms with Crippen LogP contribution in [0.2, 0.25) is 5.02 Å². The highest BCUT2D eigenvalue weighted by Crippen LogP contribution is 2.40. The lowest BCUT2D eigenvalue weighted by molar-refractivity contribution is -0.140. The normalized spacial score (nSPS) is 19.2. The molecule has 1 fully saturated rings. The number of furan rings is 1. The fourth-order valence-corrected chi connectivity index (χ4v) is 3.32. The van der Waals surface area contributed by atoms with Gasteiger partial charge < -0.3 is 19.2 Å². The Morgan fingerprint density at radius 1 is 1.35 bits per heavy atom. The van der Waals surface area contributed by atoms with E-state index in [4.69, 9.17) is 20.8 Å². The first-order chi connectivity index (χ1) is 12.5. The molecule has 1 aliphatic rings. The van der Waals surface area contributed by atoms with Crippen molar-refractivity contribution in [3.8, 4) is 5.75 Å². The number of amides is 1. The highest BCUT2D eigenvalue weighted by atomic mass is 35.5. The zero-order chi connectivity index (χ0) is 18.8. The third kappa shape index (κ3) is 2.97. The number of rotatable bonds is 5. The van der Waals surface area contributed by atoms with Gasteiger partial charge in [-0.3, -0.25) is 9.59 Å². The number of ether oxygens (including phenoxy) is 1. The Balaban J connectivity index is 2.15. The molecule has 1 atom stereocenters. The number of carbonyl (C=O) groups excluding carboxylic acids is 2. The van der Waals surface area contributed by atoms with Gasteiger partial charge in [0, 0.05) is 12.1 Å². The summed E-state index contributed by atoms with van der Waals surface area (Å²) in [6.07, 6.45) is 2.13. The van der Waals surface area contributed by atoms with Crippen molar-refractivity contribution in [3.05, 3.63) is 58.5 Å². The van der Waals surface area contributed by atoms with Crippen molar-refractivity contribution in [2.24, 2.45) is 0 Å². The number of hydrogen-bond acceptors (Lipinski definition) is 5. The number of carbonyl (C=O) groups is 2. The van der Waals surface area contributed by atoms with Crippen molar-refractivity contribution in [1.82, 2.24) is 4.90 Å². The first kappa shape index (κ1) is 18.1. The van der Waals surface area contributed by atoms with Crippen molar-refractivity contribution < 1.29 is 23.8 Å². The summed E-state index contributed by atoms with van der Waals surface area (Å²) < 4.78 is 10.5. The molecule has 0 saturated carbocycles. The maximum Gasteiger partial charge on any atom is 0.295 e. The Labute approximate surface area is 155 Å². The Kier molecular flexibility index (Phi) is 5.04. The number of hydrogen-bond donors (Lipinski definition) is 1. The van der Waals surface area contributed by atoms with Crippen LogP contribution in [0.25, 0.3) is 5.76 Å². The molecule has 1 unspecified atom stereocenters. The van der Waals surface area contributed by atoms with Crippen molar-refractivity contribution in [2.45, 2.75) is 19.4 Å². The number of ketones is 1. The molecule has 0 radical (unpaired) electrons. The number of aliphatic hydroxyl groups is 1. The van der Waals surface area contributed by atoms with Gasteiger partial charge in [-0.1, -0.05) is 18.5 Å². The van der Waals surface area contributed by atoms with Gasteiger partial charge in [-0.05, 0) is 36.8 Å². The molecule has 1 aliphatic heterocycles. The molecule has 6 nitrogen and oxygen atoms in total. The Hall–Kier alpha value is -2.73. The van der Waals surface area contributed by atoms with Gasteiger partial charge in [0.1, 0.15) is 23.3 Å². The summed E-state index contributed by atoms with van der Waals surface area (Å²) in [6, 6.07) is 7.22. The van der Waals surface area contributed by atoms with Crippen LogP contribution in [0.15, 0.2) is 46.6 Å². The Morgan fingerprint density at radius 3 is 2.69 bits per heavy atom. The van der Waals surface area contributed by atoms with Crippen LogP contribution in [0, 0.1) is 0 Å². The van der Waals surface area contributed by atoms with Crippen molar-refractivity contribution in [1.29, 1.82) is 0 Å². The molecule has 7 heteroatoms. The fourth-order valence-electron chi connectivity index (χ4n) is 3.06. The van der Waals surface area contributed by atoms with Gasteiger partial charge in [0.15, 0.2) is 0 Å². The first-order valence-corrected chi connectivity index (χ1v) is 8.53. The van der Waals surface area contributed by atoms with Crippen LogP contribution in [0.4, 0.5) is 0 Å². The molecular formula is C19H18ClNO5. The minimum Gasteiger partial charge on any atom is -0.507 e. The molecule has 0 spiro atoms. The second-order valence-corrected chi connectivity index (χ2v) is 6.26. The van der Waals surface area contributed by atoms with Crippen LogP contribution in [-0.2, 0) is 9.59 Å². The molecule has 1 N–H and O–H groups in total. The largest absolute Gasteiger partial charge is 0.507 e. The number of benzene rings is 1. The minimum absolute atomic E-state index is 0.0142. The van der Waals surface area contributed by atoms with Crippen LogP contribution >= 0.6 is 11.6 Å². The van der Waals surface area contributed by atoms with Gasteiger partial charge in [-0.25, -0.2) is 0 Å². The zero-order valence-electron chi connectivity index (χ0n) is 14.4. The predicted molar refractivity (Wildman–Crippen MR) is 96.0 cm³/mol. The van der Waals surface area contributed by atoms with Gasteiger partial charge in [0.2, 0.25) is 0 Å². The third-order valence-electron chi connectivity index (χ3n) is 4.24. The van der Waals surface area contributed by atoms with Crippen molar-refractivity contribution in [3.63, 3.8) is 0 Å². The lowest BCUT2D eigenvalue weighted by Gasteiger charge is -2.22. The maximum atomic E-state index is 12.6. The monoisotopic (exact) mass is 375 g/mol. The Morgan fingerprint density at radius 2 is 2.12 bits per heavy atom. The van der Waals surface area contributed by atoms with E-state index >= 15 is 0 Å². The lowest BCUT2D eigenvalue weighted by atomic mass is 9.99. The lowest BCUT2D eigenvalue weighted by Crippen LogP contribution is -2.30.